The van der Waals surface area contributed by atoms with Crippen molar-refractivity contribution >= 4 is 28.3 Å². The van der Waals surface area contributed by atoms with Crippen molar-refractivity contribution in [3.05, 3.63) is 48.0 Å². The van der Waals surface area contributed by atoms with Gasteiger partial charge in [0.1, 0.15) is 0 Å². The van der Waals surface area contributed by atoms with Crippen LogP contribution in [-0.2, 0) is 11.2 Å². The predicted molar refractivity (Wildman–Crippen MR) is 87.7 cm³/mol. The number of carbonyl (C=O) groups is 1. The molecule has 0 unspecified atom stereocenters. The van der Waals surface area contributed by atoms with Gasteiger partial charge in [-0.1, -0.05) is 55.3 Å². The highest BCUT2D eigenvalue weighted by molar-refractivity contribution is 6.18. The molecule has 0 bridgehead atoms. The van der Waals surface area contributed by atoms with Gasteiger partial charge in [-0.25, -0.2) is 0 Å². The number of nitrogens with one attached hydrogen (secondary N) is 1. The van der Waals surface area contributed by atoms with Crippen LogP contribution in [0.2, 0.25) is 0 Å². The van der Waals surface area contributed by atoms with Crippen molar-refractivity contribution in [3.63, 3.8) is 0 Å². The normalized spacial score (nSPS) is 17.0. The van der Waals surface area contributed by atoms with E-state index in [4.69, 9.17) is 11.6 Å². The van der Waals surface area contributed by atoms with Gasteiger partial charge in [-0.05, 0) is 29.2 Å². The molecule has 0 radical (unpaired) electrons. The smallest absolute Gasteiger partial charge is 0.224 e. The number of carbonyl (C=O) groups excluding carboxylic acids is 1. The summed E-state index contributed by atoms with van der Waals surface area (Å²) in [7, 11) is 0. The molecule has 0 heterocycles. The highest BCUT2D eigenvalue weighted by Crippen LogP contribution is 2.30. The molecule has 2 aromatic carbocycles. The quantitative estimate of drug-likeness (QED) is 0.848. The number of rotatable bonds is 4. The summed E-state index contributed by atoms with van der Waals surface area (Å²) in [6.07, 6.45) is 4.73. The van der Waals surface area contributed by atoms with Gasteiger partial charge in [-0.2, -0.15) is 0 Å². The first-order chi connectivity index (χ1) is 10.2. The molecule has 1 aliphatic rings. The maximum absolute atomic E-state index is 12.3. The largest absolute Gasteiger partial charge is 0.349 e. The molecule has 1 amide bonds. The molecule has 0 aromatic heterocycles. The van der Waals surface area contributed by atoms with Gasteiger partial charge < -0.3 is 5.32 Å². The Kier molecular flexibility index (Phi) is 4.16. The van der Waals surface area contributed by atoms with Crippen LogP contribution in [0.3, 0.4) is 0 Å². The van der Waals surface area contributed by atoms with E-state index in [1.165, 1.54) is 10.8 Å². The summed E-state index contributed by atoms with van der Waals surface area (Å²) in [5, 5.41) is 5.55. The lowest BCUT2D eigenvalue weighted by Crippen LogP contribution is -2.48. The standard InChI is InChI=1S/C18H20ClNO/c19-13-18(9-3-4-10-18)20-17(21)12-14-7-8-15-5-1-2-6-16(15)11-14/h1-2,5-8,11H,3-4,9-10,12-13H2,(H,20,21). The molecule has 3 heteroatoms. The van der Waals surface area contributed by atoms with E-state index >= 15 is 0 Å². The van der Waals surface area contributed by atoms with Gasteiger partial charge in [0.05, 0.1) is 12.0 Å². The van der Waals surface area contributed by atoms with Gasteiger partial charge in [0, 0.05) is 5.88 Å². The van der Waals surface area contributed by atoms with E-state index in [1.54, 1.807) is 0 Å². The Morgan fingerprint density at radius 3 is 2.52 bits per heavy atom. The van der Waals surface area contributed by atoms with Crippen molar-refractivity contribution in [1.29, 1.82) is 0 Å². The number of fused-ring (bicyclic) bond motifs is 1. The second kappa shape index (κ2) is 6.07. The van der Waals surface area contributed by atoms with Crippen LogP contribution < -0.4 is 5.32 Å². The lowest BCUT2D eigenvalue weighted by Gasteiger charge is -2.27. The molecular weight excluding hydrogens is 282 g/mol. The second-order valence-corrected chi connectivity index (χ2v) is 6.29. The number of amides is 1. The average Bonchev–Trinajstić information content (AvgIpc) is 2.96. The van der Waals surface area contributed by atoms with Gasteiger partial charge in [0.2, 0.25) is 5.91 Å². The maximum atomic E-state index is 12.3. The Morgan fingerprint density at radius 2 is 1.81 bits per heavy atom. The average molecular weight is 302 g/mol. The minimum atomic E-state index is -0.171. The summed E-state index contributed by atoms with van der Waals surface area (Å²) < 4.78 is 0. The van der Waals surface area contributed by atoms with E-state index < -0.39 is 0 Å². The molecule has 1 saturated carbocycles. The monoisotopic (exact) mass is 301 g/mol. The molecule has 0 aliphatic heterocycles. The summed E-state index contributed by atoms with van der Waals surface area (Å²) in [5.74, 6) is 0.587. The van der Waals surface area contributed by atoms with Gasteiger partial charge >= 0.3 is 0 Å². The summed E-state index contributed by atoms with van der Waals surface area (Å²) in [6.45, 7) is 0. The zero-order valence-electron chi connectivity index (χ0n) is 12.1. The van der Waals surface area contributed by atoms with Crippen molar-refractivity contribution in [3.8, 4) is 0 Å². The fourth-order valence-corrected chi connectivity index (χ4v) is 3.55. The van der Waals surface area contributed by atoms with Crippen LogP contribution in [0.4, 0.5) is 0 Å². The fraction of sp³-hybridized carbons (Fsp3) is 0.389. The molecule has 1 aliphatic carbocycles. The maximum Gasteiger partial charge on any atom is 0.224 e. The Balaban J connectivity index is 1.71. The molecule has 0 saturated heterocycles. The lowest BCUT2D eigenvalue weighted by atomic mass is 9.99. The number of hydrogen-bond donors (Lipinski definition) is 1. The second-order valence-electron chi connectivity index (χ2n) is 6.03. The number of hydrogen-bond acceptors (Lipinski definition) is 1. The molecule has 110 valence electrons. The summed E-state index contributed by atoms with van der Waals surface area (Å²) >= 11 is 6.08. The Morgan fingerprint density at radius 1 is 1.10 bits per heavy atom. The number of benzene rings is 2. The highest BCUT2D eigenvalue weighted by Gasteiger charge is 2.34. The predicted octanol–water partition coefficient (Wildman–Crippen LogP) is 4.05. The molecule has 1 fully saturated rings. The Bertz CT molecular complexity index is 646. The van der Waals surface area contributed by atoms with Crippen LogP contribution >= 0.6 is 11.6 Å². The third-order valence-electron chi connectivity index (χ3n) is 4.40. The first-order valence-corrected chi connectivity index (χ1v) is 8.09. The van der Waals surface area contributed by atoms with E-state index in [9.17, 15) is 4.79 Å². The van der Waals surface area contributed by atoms with Crippen molar-refractivity contribution < 1.29 is 4.79 Å². The van der Waals surface area contributed by atoms with Crippen LogP contribution in [0, 0.1) is 0 Å². The van der Waals surface area contributed by atoms with Crippen molar-refractivity contribution in [2.45, 2.75) is 37.6 Å². The third-order valence-corrected chi connectivity index (χ3v) is 4.91. The van der Waals surface area contributed by atoms with Crippen LogP contribution in [0.25, 0.3) is 10.8 Å². The van der Waals surface area contributed by atoms with Gasteiger partial charge in [0.15, 0.2) is 0 Å². The Hall–Kier alpha value is -1.54. The third kappa shape index (κ3) is 3.21. The summed E-state index contributed by atoms with van der Waals surface area (Å²) in [5.41, 5.74) is 0.879. The molecular formula is C18H20ClNO. The molecule has 3 rings (SSSR count). The molecule has 2 aromatic rings. The summed E-state index contributed by atoms with van der Waals surface area (Å²) in [4.78, 5) is 12.3. The first kappa shape index (κ1) is 14.4. The van der Waals surface area contributed by atoms with E-state index in [0.717, 1.165) is 31.2 Å². The minimum absolute atomic E-state index is 0.0767. The van der Waals surface area contributed by atoms with Crippen LogP contribution in [0.5, 0.6) is 0 Å². The molecule has 1 N–H and O–H groups in total. The lowest BCUT2D eigenvalue weighted by molar-refractivity contribution is -0.122. The molecule has 0 atom stereocenters. The zero-order chi connectivity index (χ0) is 14.7. The highest BCUT2D eigenvalue weighted by atomic mass is 35.5. The first-order valence-electron chi connectivity index (χ1n) is 7.55. The van der Waals surface area contributed by atoms with E-state index in [-0.39, 0.29) is 11.4 Å². The molecule has 21 heavy (non-hydrogen) atoms. The van der Waals surface area contributed by atoms with Crippen LogP contribution in [0.1, 0.15) is 31.2 Å². The zero-order valence-corrected chi connectivity index (χ0v) is 12.8. The Labute approximate surface area is 130 Å². The minimum Gasteiger partial charge on any atom is -0.349 e. The number of halogens is 1. The van der Waals surface area contributed by atoms with Crippen molar-refractivity contribution in [2.75, 3.05) is 5.88 Å². The molecule has 0 spiro atoms. The van der Waals surface area contributed by atoms with Gasteiger partial charge in [-0.3, -0.25) is 4.79 Å². The van der Waals surface area contributed by atoms with E-state index in [2.05, 4.69) is 29.6 Å². The van der Waals surface area contributed by atoms with Crippen LogP contribution in [-0.4, -0.2) is 17.3 Å². The summed E-state index contributed by atoms with van der Waals surface area (Å²) in [6, 6.07) is 14.4. The van der Waals surface area contributed by atoms with E-state index in [1.807, 2.05) is 18.2 Å². The van der Waals surface area contributed by atoms with Crippen molar-refractivity contribution in [1.82, 2.24) is 5.32 Å². The van der Waals surface area contributed by atoms with Gasteiger partial charge in [-0.15, -0.1) is 11.6 Å². The van der Waals surface area contributed by atoms with Crippen LogP contribution in [0.15, 0.2) is 42.5 Å². The van der Waals surface area contributed by atoms with E-state index in [0.29, 0.717) is 12.3 Å². The van der Waals surface area contributed by atoms with Gasteiger partial charge in [0.25, 0.3) is 0 Å². The van der Waals surface area contributed by atoms with Crippen molar-refractivity contribution in [2.24, 2.45) is 0 Å². The number of alkyl halides is 1. The topological polar surface area (TPSA) is 29.1 Å². The SMILES string of the molecule is O=C(Cc1ccc2ccccc2c1)NC1(CCl)CCCC1. The molecule has 2 nitrogen and oxygen atoms in total. The fourth-order valence-electron chi connectivity index (χ4n) is 3.22.